The summed E-state index contributed by atoms with van der Waals surface area (Å²) < 4.78 is 3.11. The van der Waals surface area contributed by atoms with E-state index in [4.69, 9.17) is 5.73 Å². The highest BCUT2D eigenvalue weighted by Crippen LogP contribution is 2.41. The van der Waals surface area contributed by atoms with E-state index in [9.17, 15) is 4.79 Å². The molecule has 0 aromatic carbocycles. The molecule has 0 bridgehead atoms. The molecule has 0 radical (unpaired) electrons. The van der Waals surface area contributed by atoms with Crippen molar-refractivity contribution in [1.29, 1.82) is 0 Å². The molecule has 20 heavy (non-hydrogen) atoms. The minimum absolute atomic E-state index is 0.215. The number of rotatable bonds is 4. The fourth-order valence-corrected chi connectivity index (χ4v) is 3.53. The van der Waals surface area contributed by atoms with Gasteiger partial charge in [-0.15, -0.1) is 0 Å². The molecule has 1 aromatic heterocycles. The number of amides is 1. The first-order chi connectivity index (χ1) is 9.43. The van der Waals surface area contributed by atoms with Crippen LogP contribution >= 0.6 is 15.9 Å². The first-order valence-corrected chi connectivity index (χ1v) is 8.01. The number of aryl methyl sites for hydroxylation is 1. The number of aromatic nitrogens is 2. The Bertz CT molecular complexity index is 552. The van der Waals surface area contributed by atoms with Gasteiger partial charge in [-0.25, -0.2) is 0 Å². The number of nitrogens with zero attached hydrogens (tertiary/aromatic N) is 2. The van der Waals surface area contributed by atoms with Crippen molar-refractivity contribution >= 4 is 21.8 Å². The number of hydrogen-bond acceptors (Lipinski definition) is 3. The zero-order valence-electron chi connectivity index (χ0n) is 11.9. The van der Waals surface area contributed by atoms with E-state index >= 15 is 0 Å². The van der Waals surface area contributed by atoms with Crippen LogP contribution in [0.15, 0.2) is 4.47 Å². The van der Waals surface area contributed by atoms with Crippen LogP contribution in [0.25, 0.3) is 0 Å². The normalized spacial score (nSPS) is 29.9. The third-order valence-electron chi connectivity index (χ3n) is 4.60. The average Bonchev–Trinajstić information content (AvgIpc) is 3.04. The van der Waals surface area contributed by atoms with E-state index in [2.05, 4.69) is 38.0 Å². The predicted molar refractivity (Wildman–Crippen MR) is 80.4 cm³/mol. The number of nitrogens with one attached hydrogen (secondary N) is 1. The standard InChI is InChI=1S/C14H21BrN4O/c1-8-12(15)9(2)19(18-8)11-5-6-14(7-11,13(16)20)17-10-3-4-10/h10-11,17H,3-7H2,1-2H3,(H2,16,20). The van der Waals surface area contributed by atoms with Crippen molar-refractivity contribution < 1.29 is 4.79 Å². The SMILES string of the molecule is Cc1nn(C2CCC(NC3CC3)(C(N)=O)C2)c(C)c1Br. The van der Waals surface area contributed by atoms with Crippen LogP contribution < -0.4 is 11.1 Å². The molecule has 5 nitrogen and oxygen atoms in total. The van der Waals surface area contributed by atoms with Gasteiger partial charge in [0.1, 0.15) is 0 Å². The van der Waals surface area contributed by atoms with Crippen LogP contribution in [0.1, 0.15) is 49.5 Å². The van der Waals surface area contributed by atoms with E-state index in [1.54, 1.807) is 0 Å². The Hall–Kier alpha value is -0.880. The van der Waals surface area contributed by atoms with Gasteiger partial charge in [-0.3, -0.25) is 9.48 Å². The molecule has 2 atom stereocenters. The molecule has 6 heteroatoms. The zero-order valence-corrected chi connectivity index (χ0v) is 13.5. The quantitative estimate of drug-likeness (QED) is 0.879. The van der Waals surface area contributed by atoms with Crippen molar-refractivity contribution in [3.05, 3.63) is 15.9 Å². The Kier molecular flexibility index (Phi) is 3.41. The summed E-state index contributed by atoms with van der Waals surface area (Å²) in [5.41, 5.74) is 7.26. The second-order valence-electron chi connectivity index (χ2n) is 6.19. The highest BCUT2D eigenvalue weighted by atomic mass is 79.9. The second kappa shape index (κ2) is 4.84. The van der Waals surface area contributed by atoms with Gasteiger partial charge >= 0.3 is 0 Å². The molecule has 2 fully saturated rings. The van der Waals surface area contributed by atoms with Gasteiger partial charge in [-0.05, 0) is 61.9 Å². The third kappa shape index (κ3) is 2.29. The first-order valence-electron chi connectivity index (χ1n) is 7.22. The molecule has 2 unspecified atom stereocenters. The van der Waals surface area contributed by atoms with Crippen LogP contribution in [-0.4, -0.2) is 27.3 Å². The molecule has 0 aliphatic heterocycles. The van der Waals surface area contributed by atoms with E-state index in [-0.39, 0.29) is 11.9 Å². The number of primary amides is 1. The van der Waals surface area contributed by atoms with Gasteiger partial charge < -0.3 is 11.1 Å². The topological polar surface area (TPSA) is 72.9 Å². The monoisotopic (exact) mass is 340 g/mol. The van der Waals surface area contributed by atoms with E-state index in [1.165, 1.54) is 0 Å². The molecule has 1 amide bonds. The van der Waals surface area contributed by atoms with Crippen LogP contribution in [0, 0.1) is 13.8 Å². The number of nitrogens with two attached hydrogens (primary N) is 1. The summed E-state index contributed by atoms with van der Waals surface area (Å²) in [7, 11) is 0. The average molecular weight is 341 g/mol. The maximum atomic E-state index is 11.9. The molecule has 1 aromatic rings. The van der Waals surface area contributed by atoms with Crippen LogP contribution in [-0.2, 0) is 4.79 Å². The summed E-state index contributed by atoms with van der Waals surface area (Å²) in [5, 5.41) is 8.08. The zero-order chi connectivity index (χ0) is 14.5. The van der Waals surface area contributed by atoms with E-state index in [0.717, 1.165) is 48.0 Å². The van der Waals surface area contributed by atoms with Gasteiger partial charge in [0, 0.05) is 6.04 Å². The molecule has 2 aliphatic carbocycles. The molecule has 110 valence electrons. The van der Waals surface area contributed by atoms with Gasteiger partial charge in [0.15, 0.2) is 0 Å². The Labute approximate surface area is 127 Å². The van der Waals surface area contributed by atoms with Gasteiger partial charge in [-0.2, -0.15) is 5.10 Å². The second-order valence-corrected chi connectivity index (χ2v) is 6.98. The maximum absolute atomic E-state index is 11.9. The van der Waals surface area contributed by atoms with Crippen molar-refractivity contribution in [3.63, 3.8) is 0 Å². The molecular weight excluding hydrogens is 320 g/mol. The smallest absolute Gasteiger partial charge is 0.237 e. The number of hydrogen-bond donors (Lipinski definition) is 2. The highest BCUT2D eigenvalue weighted by molar-refractivity contribution is 9.10. The lowest BCUT2D eigenvalue weighted by molar-refractivity contribution is -0.124. The van der Waals surface area contributed by atoms with Crippen LogP contribution in [0.5, 0.6) is 0 Å². The van der Waals surface area contributed by atoms with Gasteiger partial charge in [0.2, 0.25) is 5.91 Å². The number of carbonyl (C=O) groups is 1. The van der Waals surface area contributed by atoms with Gasteiger partial charge in [0.05, 0.1) is 27.4 Å². The summed E-state index contributed by atoms with van der Waals surface area (Å²) in [6.07, 6.45) is 4.81. The summed E-state index contributed by atoms with van der Waals surface area (Å²) in [6.45, 7) is 4.05. The lowest BCUT2D eigenvalue weighted by atomic mass is 9.96. The highest BCUT2D eigenvalue weighted by Gasteiger charge is 2.47. The van der Waals surface area contributed by atoms with E-state index < -0.39 is 5.54 Å². The Morgan fingerprint density at radius 2 is 2.15 bits per heavy atom. The molecular formula is C14H21BrN4O. The number of carbonyl (C=O) groups excluding carboxylic acids is 1. The molecule has 2 saturated carbocycles. The lowest BCUT2D eigenvalue weighted by Crippen LogP contribution is -2.54. The van der Waals surface area contributed by atoms with Crippen molar-refractivity contribution in [3.8, 4) is 0 Å². The van der Waals surface area contributed by atoms with Crippen LogP contribution in [0.3, 0.4) is 0 Å². The Morgan fingerprint density at radius 3 is 2.65 bits per heavy atom. The minimum atomic E-state index is -0.537. The predicted octanol–water partition coefficient (Wildman–Crippen LogP) is 1.96. The molecule has 3 rings (SSSR count). The van der Waals surface area contributed by atoms with E-state index in [0.29, 0.717) is 6.04 Å². The maximum Gasteiger partial charge on any atom is 0.237 e. The fourth-order valence-electron chi connectivity index (χ4n) is 3.27. The minimum Gasteiger partial charge on any atom is -0.368 e. The van der Waals surface area contributed by atoms with E-state index in [1.807, 2.05) is 6.92 Å². The summed E-state index contributed by atoms with van der Waals surface area (Å²) in [4.78, 5) is 11.9. The van der Waals surface area contributed by atoms with Crippen molar-refractivity contribution in [1.82, 2.24) is 15.1 Å². The largest absolute Gasteiger partial charge is 0.368 e. The van der Waals surface area contributed by atoms with Gasteiger partial charge in [-0.1, -0.05) is 0 Å². The van der Waals surface area contributed by atoms with Crippen LogP contribution in [0.4, 0.5) is 0 Å². The van der Waals surface area contributed by atoms with Crippen molar-refractivity contribution in [2.24, 2.45) is 5.73 Å². The van der Waals surface area contributed by atoms with Crippen LogP contribution in [0.2, 0.25) is 0 Å². The molecule has 0 saturated heterocycles. The summed E-state index contributed by atoms with van der Waals surface area (Å²) >= 11 is 3.56. The Balaban J connectivity index is 1.83. The lowest BCUT2D eigenvalue weighted by Gasteiger charge is -2.27. The number of halogens is 1. The summed E-state index contributed by atoms with van der Waals surface area (Å²) in [5.74, 6) is -0.215. The third-order valence-corrected chi connectivity index (χ3v) is 5.75. The van der Waals surface area contributed by atoms with Crippen molar-refractivity contribution in [2.45, 2.75) is 63.6 Å². The molecule has 3 N–H and O–H groups in total. The summed E-state index contributed by atoms with van der Waals surface area (Å²) in [6, 6.07) is 0.729. The fraction of sp³-hybridized carbons (Fsp3) is 0.714. The molecule has 0 spiro atoms. The van der Waals surface area contributed by atoms with Crippen molar-refractivity contribution in [2.75, 3.05) is 0 Å². The molecule has 1 heterocycles. The first kappa shape index (κ1) is 14.1. The van der Waals surface area contributed by atoms with Gasteiger partial charge in [0.25, 0.3) is 0 Å². The Morgan fingerprint density at radius 1 is 1.45 bits per heavy atom. The molecule has 2 aliphatic rings.